The molecule has 1 amide bonds. The summed E-state index contributed by atoms with van der Waals surface area (Å²) in [5.41, 5.74) is 2.21. The standard InChI is InChI=1S/C27H29N5O3S/c1-17-5-7-18(8-6-17)22-13-19-14-29-32(25(33)24(19)36-22)21-9-10-23(28-15-21)31-12-11-20(16-31)30-26(34)35-27(2,3)4/h5-10,13-15,20H,11-12,16H2,1-4H3,(H,30,34)/t20-/m1/s1. The minimum atomic E-state index is -0.528. The Morgan fingerprint density at radius 2 is 1.92 bits per heavy atom. The highest BCUT2D eigenvalue weighted by atomic mass is 32.1. The molecule has 1 saturated heterocycles. The third kappa shape index (κ3) is 5.11. The lowest BCUT2D eigenvalue weighted by atomic mass is 10.1. The van der Waals surface area contributed by atoms with Crippen LogP contribution in [-0.4, -0.2) is 45.6 Å². The molecule has 0 saturated carbocycles. The van der Waals surface area contributed by atoms with Gasteiger partial charge in [-0.3, -0.25) is 4.79 Å². The first-order valence-corrected chi connectivity index (χ1v) is 12.8. The fourth-order valence-electron chi connectivity index (χ4n) is 4.23. The van der Waals surface area contributed by atoms with Crippen molar-refractivity contribution in [2.75, 3.05) is 18.0 Å². The van der Waals surface area contributed by atoms with Crippen LogP contribution in [0.4, 0.5) is 10.6 Å². The normalized spacial score (nSPS) is 15.9. The summed E-state index contributed by atoms with van der Waals surface area (Å²) in [6, 6.07) is 14.0. The highest BCUT2D eigenvalue weighted by Gasteiger charge is 2.27. The number of aromatic nitrogens is 3. The van der Waals surface area contributed by atoms with Crippen molar-refractivity contribution < 1.29 is 9.53 Å². The van der Waals surface area contributed by atoms with Crippen LogP contribution >= 0.6 is 11.3 Å². The van der Waals surface area contributed by atoms with Crippen molar-refractivity contribution in [3.05, 3.63) is 70.8 Å². The smallest absolute Gasteiger partial charge is 0.407 e. The van der Waals surface area contributed by atoms with Crippen LogP contribution in [0.2, 0.25) is 0 Å². The number of thiophene rings is 1. The summed E-state index contributed by atoms with van der Waals surface area (Å²) >= 11 is 1.48. The fourth-order valence-corrected chi connectivity index (χ4v) is 5.29. The quantitative estimate of drug-likeness (QED) is 0.425. The second kappa shape index (κ2) is 9.39. The molecule has 186 valence electrons. The topological polar surface area (TPSA) is 89.3 Å². The summed E-state index contributed by atoms with van der Waals surface area (Å²) in [5.74, 6) is 0.791. The predicted molar refractivity (Wildman–Crippen MR) is 143 cm³/mol. The Balaban J connectivity index is 1.31. The molecule has 1 N–H and O–H groups in total. The van der Waals surface area contributed by atoms with E-state index in [1.165, 1.54) is 21.6 Å². The van der Waals surface area contributed by atoms with Crippen molar-refractivity contribution in [1.82, 2.24) is 20.1 Å². The zero-order valence-electron chi connectivity index (χ0n) is 20.8. The molecule has 0 spiro atoms. The molecule has 1 aliphatic heterocycles. The van der Waals surface area contributed by atoms with Crippen LogP contribution in [0.3, 0.4) is 0 Å². The molecule has 1 atom stereocenters. The maximum absolute atomic E-state index is 13.2. The summed E-state index contributed by atoms with van der Waals surface area (Å²) in [6.45, 7) is 9.01. The molecule has 4 aromatic rings. The van der Waals surface area contributed by atoms with E-state index in [1.54, 1.807) is 12.4 Å². The van der Waals surface area contributed by atoms with Gasteiger partial charge >= 0.3 is 6.09 Å². The third-order valence-electron chi connectivity index (χ3n) is 6.01. The zero-order valence-corrected chi connectivity index (χ0v) is 21.6. The van der Waals surface area contributed by atoms with E-state index >= 15 is 0 Å². The number of aryl methyl sites for hydroxylation is 1. The number of carbonyl (C=O) groups is 1. The van der Waals surface area contributed by atoms with Gasteiger partial charge in [0.05, 0.1) is 24.1 Å². The number of fused-ring (bicyclic) bond motifs is 1. The number of benzene rings is 1. The van der Waals surface area contributed by atoms with E-state index in [9.17, 15) is 9.59 Å². The first kappa shape index (κ1) is 24.0. The largest absolute Gasteiger partial charge is 0.444 e. The SMILES string of the molecule is Cc1ccc(-c2cc3cnn(-c4ccc(N5CC[C@@H](NC(=O)OC(C)(C)C)C5)nc4)c(=O)c3s2)cc1. The molecular weight excluding hydrogens is 474 g/mol. The Morgan fingerprint density at radius 3 is 2.61 bits per heavy atom. The minimum Gasteiger partial charge on any atom is -0.444 e. The van der Waals surface area contributed by atoms with Crippen molar-refractivity contribution in [3.8, 4) is 16.1 Å². The summed E-state index contributed by atoms with van der Waals surface area (Å²) < 4.78 is 7.42. The molecular formula is C27H29N5O3S. The number of rotatable bonds is 4. The Morgan fingerprint density at radius 1 is 1.14 bits per heavy atom. The molecule has 9 heteroatoms. The van der Waals surface area contributed by atoms with E-state index in [-0.39, 0.29) is 11.6 Å². The van der Waals surface area contributed by atoms with Crippen LogP contribution in [0.15, 0.2) is 59.7 Å². The van der Waals surface area contributed by atoms with Gasteiger partial charge in [0.2, 0.25) is 0 Å². The zero-order chi connectivity index (χ0) is 25.4. The summed E-state index contributed by atoms with van der Waals surface area (Å²) in [6.07, 6.45) is 3.80. The van der Waals surface area contributed by atoms with E-state index in [1.807, 2.05) is 39.0 Å². The van der Waals surface area contributed by atoms with Gasteiger partial charge in [0.25, 0.3) is 5.56 Å². The van der Waals surface area contributed by atoms with Gasteiger partial charge in [-0.2, -0.15) is 9.78 Å². The molecule has 0 unspecified atom stereocenters. The van der Waals surface area contributed by atoms with Crippen molar-refractivity contribution in [2.24, 2.45) is 0 Å². The van der Waals surface area contributed by atoms with Crippen molar-refractivity contribution >= 4 is 33.3 Å². The number of ether oxygens (including phenoxy) is 1. The molecule has 1 aromatic carbocycles. The first-order valence-electron chi connectivity index (χ1n) is 12.0. The average Bonchev–Trinajstić information content (AvgIpc) is 3.46. The Kier molecular flexibility index (Phi) is 6.26. The van der Waals surface area contributed by atoms with Crippen LogP contribution in [0.25, 0.3) is 26.2 Å². The molecule has 8 nitrogen and oxygen atoms in total. The maximum atomic E-state index is 13.2. The van der Waals surface area contributed by atoms with E-state index in [4.69, 9.17) is 4.74 Å². The molecule has 0 bridgehead atoms. The molecule has 0 aliphatic carbocycles. The molecule has 1 fully saturated rings. The van der Waals surface area contributed by atoms with Gasteiger partial charge in [0.15, 0.2) is 0 Å². The predicted octanol–water partition coefficient (Wildman–Crippen LogP) is 4.92. The Labute approximate surface area is 213 Å². The highest BCUT2D eigenvalue weighted by Crippen LogP contribution is 2.31. The van der Waals surface area contributed by atoms with E-state index in [2.05, 4.69) is 51.5 Å². The molecule has 3 aromatic heterocycles. The number of carbonyl (C=O) groups excluding carboxylic acids is 1. The monoisotopic (exact) mass is 503 g/mol. The van der Waals surface area contributed by atoms with Crippen LogP contribution < -0.4 is 15.8 Å². The molecule has 4 heterocycles. The summed E-state index contributed by atoms with van der Waals surface area (Å²) in [5, 5.41) is 8.16. The van der Waals surface area contributed by atoms with E-state index < -0.39 is 11.7 Å². The number of nitrogens with one attached hydrogen (secondary N) is 1. The van der Waals surface area contributed by atoms with Crippen molar-refractivity contribution in [3.63, 3.8) is 0 Å². The molecule has 36 heavy (non-hydrogen) atoms. The first-order chi connectivity index (χ1) is 17.2. The van der Waals surface area contributed by atoms with Crippen LogP contribution in [0.1, 0.15) is 32.8 Å². The fraction of sp³-hybridized carbons (Fsp3) is 0.333. The number of hydrogen-bond acceptors (Lipinski definition) is 7. The van der Waals surface area contributed by atoms with Crippen LogP contribution in [0, 0.1) is 6.92 Å². The van der Waals surface area contributed by atoms with Gasteiger partial charge in [-0.25, -0.2) is 9.78 Å². The van der Waals surface area contributed by atoms with Crippen LogP contribution in [0.5, 0.6) is 0 Å². The number of pyridine rings is 1. The number of amides is 1. The van der Waals surface area contributed by atoms with Crippen molar-refractivity contribution in [1.29, 1.82) is 0 Å². The van der Waals surface area contributed by atoms with Crippen LogP contribution in [-0.2, 0) is 4.74 Å². The van der Waals surface area contributed by atoms with Crippen molar-refractivity contribution in [2.45, 2.75) is 45.8 Å². The Bertz CT molecular complexity index is 1450. The van der Waals surface area contributed by atoms with Gasteiger partial charge in [-0.05, 0) is 57.9 Å². The summed E-state index contributed by atoms with van der Waals surface area (Å²) in [4.78, 5) is 33.0. The number of anilines is 1. The second-order valence-corrected chi connectivity index (χ2v) is 11.1. The third-order valence-corrected chi connectivity index (χ3v) is 7.19. The second-order valence-electron chi connectivity index (χ2n) is 10.1. The maximum Gasteiger partial charge on any atom is 0.407 e. The number of nitrogens with zero attached hydrogens (tertiary/aromatic N) is 4. The number of alkyl carbamates (subject to hydrolysis) is 1. The Hall–Kier alpha value is -3.72. The molecule has 0 radical (unpaired) electrons. The summed E-state index contributed by atoms with van der Waals surface area (Å²) in [7, 11) is 0. The number of hydrogen-bond donors (Lipinski definition) is 1. The highest BCUT2D eigenvalue weighted by molar-refractivity contribution is 7.22. The molecule has 1 aliphatic rings. The van der Waals surface area contributed by atoms with Gasteiger partial charge in [-0.15, -0.1) is 11.3 Å². The lowest BCUT2D eigenvalue weighted by Gasteiger charge is -2.22. The van der Waals surface area contributed by atoms with E-state index in [0.29, 0.717) is 16.9 Å². The van der Waals surface area contributed by atoms with Gasteiger partial charge in [0.1, 0.15) is 16.1 Å². The lowest BCUT2D eigenvalue weighted by molar-refractivity contribution is 0.0509. The van der Waals surface area contributed by atoms with Gasteiger partial charge in [0, 0.05) is 23.4 Å². The lowest BCUT2D eigenvalue weighted by Crippen LogP contribution is -2.40. The van der Waals surface area contributed by atoms with Gasteiger partial charge < -0.3 is 15.0 Å². The van der Waals surface area contributed by atoms with E-state index in [0.717, 1.165) is 34.6 Å². The van der Waals surface area contributed by atoms with Gasteiger partial charge in [-0.1, -0.05) is 29.8 Å². The molecule has 5 rings (SSSR count). The average molecular weight is 504 g/mol. The minimum absolute atomic E-state index is 0.00502.